The number of rotatable bonds is 2. The number of nitrogens with one attached hydrogen (secondary N) is 1. The lowest BCUT2D eigenvalue weighted by Gasteiger charge is -2.42. The Morgan fingerprint density at radius 1 is 1.19 bits per heavy atom. The lowest BCUT2D eigenvalue weighted by atomic mass is 9.98. The number of nitrogens with zero attached hydrogens (tertiary/aromatic N) is 1. The van der Waals surface area contributed by atoms with E-state index in [9.17, 15) is 0 Å². The Morgan fingerprint density at radius 3 is 2.69 bits per heavy atom. The summed E-state index contributed by atoms with van der Waals surface area (Å²) in [7, 11) is 0. The van der Waals surface area contributed by atoms with Crippen molar-refractivity contribution in [2.24, 2.45) is 5.92 Å². The molecule has 3 aliphatic heterocycles. The van der Waals surface area contributed by atoms with Gasteiger partial charge in [0.2, 0.25) is 0 Å². The van der Waals surface area contributed by atoms with Crippen LogP contribution in [0.3, 0.4) is 0 Å². The molecule has 3 atom stereocenters. The number of fused-ring (bicyclic) bond motifs is 2. The summed E-state index contributed by atoms with van der Waals surface area (Å²) in [5.74, 6) is 0.841. The first-order chi connectivity index (χ1) is 7.90. The predicted octanol–water partition coefficient (Wildman–Crippen LogP) is 0.0856. The van der Waals surface area contributed by atoms with Crippen LogP contribution in [0.5, 0.6) is 0 Å². The van der Waals surface area contributed by atoms with E-state index in [1.807, 2.05) is 0 Å². The van der Waals surface area contributed by atoms with Crippen molar-refractivity contribution in [3.63, 3.8) is 0 Å². The van der Waals surface area contributed by atoms with Gasteiger partial charge in [-0.3, -0.25) is 4.90 Å². The van der Waals surface area contributed by atoms with Gasteiger partial charge in [-0.1, -0.05) is 0 Å². The molecule has 3 unspecified atom stereocenters. The zero-order chi connectivity index (χ0) is 10.8. The van der Waals surface area contributed by atoms with Crippen LogP contribution in [-0.2, 0) is 9.47 Å². The van der Waals surface area contributed by atoms with Gasteiger partial charge in [-0.2, -0.15) is 0 Å². The summed E-state index contributed by atoms with van der Waals surface area (Å²) in [6.07, 6.45) is 3.37. The fourth-order valence-corrected chi connectivity index (χ4v) is 3.12. The molecule has 0 saturated carbocycles. The zero-order valence-corrected chi connectivity index (χ0v) is 9.86. The van der Waals surface area contributed by atoms with Crippen LogP contribution in [0.25, 0.3) is 0 Å². The number of hydrogen-bond donors (Lipinski definition) is 1. The quantitative estimate of drug-likeness (QED) is 0.723. The van der Waals surface area contributed by atoms with E-state index in [-0.39, 0.29) is 0 Å². The predicted molar refractivity (Wildman–Crippen MR) is 61.5 cm³/mol. The Hall–Kier alpha value is -0.160. The molecule has 3 saturated heterocycles. The Labute approximate surface area is 97.3 Å². The average Bonchev–Trinajstić information content (AvgIpc) is 2.30. The minimum absolute atomic E-state index is 0.323. The lowest BCUT2D eigenvalue weighted by Crippen LogP contribution is -2.55. The van der Waals surface area contributed by atoms with Crippen LogP contribution in [0, 0.1) is 5.92 Å². The third kappa shape index (κ3) is 2.56. The number of morpholine rings is 1. The molecule has 1 N–H and O–H groups in total. The standard InChI is InChI=1S/C12H22N2O2/c1-2-10(4-13-3-1)5-14-6-11-8-15-9-12(7-14)16-11/h10-13H,1-9H2. The number of piperidine rings is 1. The van der Waals surface area contributed by atoms with Crippen LogP contribution in [0.4, 0.5) is 0 Å². The van der Waals surface area contributed by atoms with E-state index in [4.69, 9.17) is 9.47 Å². The highest BCUT2D eigenvalue weighted by molar-refractivity contribution is 4.83. The molecule has 3 heterocycles. The van der Waals surface area contributed by atoms with Gasteiger partial charge in [-0.15, -0.1) is 0 Å². The van der Waals surface area contributed by atoms with Crippen molar-refractivity contribution < 1.29 is 9.47 Å². The maximum Gasteiger partial charge on any atom is 0.0940 e. The van der Waals surface area contributed by atoms with Crippen LogP contribution >= 0.6 is 0 Å². The smallest absolute Gasteiger partial charge is 0.0940 e. The minimum Gasteiger partial charge on any atom is -0.376 e. The maximum absolute atomic E-state index is 5.86. The summed E-state index contributed by atoms with van der Waals surface area (Å²) in [4.78, 5) is 2.58. The van der Waals surface area contributed by atoms with Crippen LogP contribution < -0.4 is 5.32 Å². The number of hydrogen-bond acceptors (Lipinski definition) is 4. The van der Waals surface area contributed by atoms with Gasteiger partial charge in [0, 0.05) is 19.6 Å². The molecule has 16 heavy (non-hydrogen) atoms. The Bertz CT molecular complexity index is 219. The van der Waals surface area contributed by atoms with Gasteiger partial charge in [0.05, 0.1) is 25.4 Å². The van der Waals surface area contributed by atoms with Gasteiger partial charge in [0.1, 0.15) is 0 Å². The molecule has 3 rings (SSSR count). The monoisotopic (exact) mass is 226 g/mol. The highest BCUT2D eigenvalue weighted by Gasteiger charge is 2.32. The van der Waals surface area contributed by atoms with Crippen LogP contribution in [0.1, 0.15) is 12.8 Å². The summed E-state index contributed by atoms with van der Waals surface area (Å²) in [5.41, 5.74) is 0. The summed E-state index contributed by atoms with van der Waals surface area (Å²) >= 11 is 0. The van der Waals surface area contributed by atoms with Crippen molar-refractivity contribution in [1.29, 1.82) is 0 Å². The van der Waals surface area contributed by atoms with Gasteiger partial charge < -0.3 is 14.8 Å². The van der Waals surface area contributed by atoms with Crippen LogP contribution in [-0.4, -0.2) is 63.0 Å². The summed E-state index contributed by atoms with van der Waals surface area (Å²) < 4.78 is 11.4. The van der Waals surface area contributed by atoms with Gasteiger partial charge in [-0.05, 0) is 31.8 Å². The molecule has 0 amide bonds. The van der Waals surface area contributed by atoms with E-state index in [2.05, 4.69) is 10.2 Å². The van der Waals surface area contributed by atoms with E-state index >= 15 is 0 Å². The first-order valence-corrected chi connectivity index (χ1v) is 6.56. The Kier molecular flexibility index (Phi) is 3.43. The zero-order valence-electron chi connectivity index (χ0n) is 9.86. The normalized spacial score (nSPS) is 40.9. The average molecular weight is 226 g/mol. The summed E-state index contributed by atoms with van der Waals surface area (Å²) in [6, 6.07) is 0. The molecule has 3 fully saturated rings. The van der Waals surface area contributed by atoms with Crippen molar-refractivity contribution in [1.82, 2.24) is 10.2 Å². The van der Waals surface area contributed by atoms with Crippen molar-refractivity contribution >= 4 is 0 Å². The summed E-state index contributed by atoms with van der Waals surface area (Å²) in [6.45, 7) is 7.34. The van der Waals surface area contributed by atoms with E-state index in [0.29, 0.717) is 12.2 Å². The highest BCUT2D eigenvalue weighted by Crippen LogP contribution is 2.19. The second-order valence-corrected chi connectivity index (χ2v) is 5.35. The van der Waals surface area contributed by atoms with Crippen molar-refractivity contribution in [2.75, 3.05) is 45.9 Å². The topological polar surface area (TPSA) is 33.7 Å². The first-order valence-electron chi connectivity index (χ1n) is 6.56. The third-order valence-electron chi connectivity index (χ3n) is 3.83. The fraction of sp³-hybridized carbons (Fsp3) is 1.00. The lowest BCUT2D eigenvalue weighted by molar-refractivity contribution is -0.180. The number of ether oxygens (including phenoxy) is 2. The van der Waals surface area contributed by atoms with Crippen molar-refractivity contribution in [3.8, 4) is 0 Å². The van der Waals surface area contributed by atoms with Gasteiger partial charge in [-0.25, -0.2) is 0 Å². The highest BCUT2D eigenvalue weighted by atomic mass is 16.6. The molecule has 92 valence electrons. The van der Waals surface area contributed by atoms with E-state index < -0.39 is 0 Å². The second-order valence-electron chi connectivity index (χ2n) is 5.35. The molecule has 4 nitrogen and oxygen atoms in total. The molecule has 4 heteroatoms. The Morgan fingerprint density at radius 2 is 2.00 bits per heavy atom. The first kappa shape index (κ1) is 11.0. The third-order valence-corrected chi connectivity index (χ3v) is 3.83. The summed E-state index contributed by atoms with van der Waals surface area (Å²) in [5, 5.41) is 3.49. The molecule has 0 spiro atoms. The van der Waals surface area contributed by atoms with E-state index in [1.54, 1.807) is 0 Å². The van der Waals surface area contributed by atoms with Crippen LogP contribution in [0.15, 0.2) is 0 Å². The minimum atomic E-state index is 0.323. The van der Waals surface area contributed by atoms with Gasteiger partial charge in [0.15, 0.2) is 0 Å². The molecule has 0 aromatic carbocycles. The van der Waals surface area contributed by atoms with Gasteiger partial charge in [0.25, 0.3) is 0 Å². The van der Waals surface area contributed by atoms with E-state index in [0.717, 1.165) is 32.2 Å². The van der Waals surface area contributed by atoms with Crippen molar-refractivity contribution in [3.05, 3.63) is 0 Å². The second kappa shape index (κ2) is 5.00. The molecule has 0 aromatic heterocycles. The molecule has 2 bridgehead atoms. The van der Waals surface area contributed by atoms with Crippen molar-refractivity contribution in [2.45, 2.75) is 25.0 Å². The fourth-order valence-electron chi connectivity index (χ4n) is 3.12. The largest absolute Gasteiger partial charge is 0.376 e. The Balaban J connectivity index is 1.51. The van der Waals surface area contributed by atoms with Gasteiger partial charge >= 0.3 is 0 Å². The molecule has 3 aliphatic rings. The SMILES string of the molecule is C1CNCC(CN2CC3COCC(C2)O3)C1. The molecule has 0 radical (unpaired) electrons. The van der Waals surface area contributed by atoms with E-state index in [1.165, 1.54) is 32.5 Å². The molecular weight excluding hydrogens is 204 g/mol. The maximum atomic E-state index is 5.86. The van der Waals surface area contributed by atoms with Crippen LogP contribution in [0.2, 0.25) is 0 Å². The molecule has 0 aliphatic carbocycles. The molecular formula is C12H22N2O2. The molecule has 0 aromatic rings.